The van der Waals surface area contributed by atoms with Gasteiger partial charge in [0.1, 0.15) is 22.6 Å². The zero-order chi connectivity index (χ0) is 23.0. The molecule has 0 amide bonds. The quantitative estimate of drug-likeness (QED) is 0.594. The zero-order valence-electron chi connectivity index (χ0n) is 18.0. The fourth-order valence-corrected chi connectivity index (χ4v) is 4.08. The Labute approximate surface area is 184 Å². The molecule has 1 aromatic heterocycles. The van der Waals surface area contributed by atoms with Crippen LogP contribution < -0.4 is 10.2 Å². The number of methoxy groups -OCH3 is 1. The number of carbonyl (C=O) groups excluding carboxylic acids is 1. The molecule has 0 bridgehead atoms. The summed E-state index contributed by atoms with van der Waals surface area (Å²) in [6.07, 6.45) is 1.99. The van der Waals surface area contributed by atoms with Gasteiger partial charge in [-0.1, -0.05) is 32.0 Å². The normalized spacial score (nSPS) is 14.4. The Morgan fingerprint density at radius 1 is 1.09 bits per heavy atom. The van der Waals surface area contributed by atoms with Gasteiger partial charge in [0.05, 0.1) is 12.8 Å². The van der Waals surface area contributed by atoms with Gasteiger partial charge >= 0.3 is 11.9 Å². The van der Waals surface area contributed by atoms with Crippen molar-refractivity contribution < 1.29 is 24.2 Å². The van der Waals surface area contributed by atoms with Crippen LogP contribution in [0.25, 0.3) is 11.3 Å². The number of esters is 1. The van der Waals surface area contributed by atoms with E-state index < -0.39 is 17.4 Å². The molecule has 0 aliphatic carbocycles. The molecule has 0 radical (unpaired) electrons. The molecule has 1 aliphatic heterocycles. The van der Waals surface area contributed by atoms with E-state index in [2.05, 4.69) is 0 Å². The van der Waals surface area contributed by atoms with Crippen molar-refractivity contribution in [3.63, 3.8) is 0 Å². The molecule has 0 spiro atoms. The minimum Gasteiger partial charge on any atom is -0.477 e. The number of benzene rings is 2. The minimum absolute atomic E-state index is 0.0650. The Morgan fingerprint density at radius 3 is 2.44 bits per heavy atom. The minimum atomic E-state index is -1.26. The number of rotatable bonds is 5. The third-order valence-corrected chi connectivity index (χ3v) is 5.72. The van der Waals surface area contributed by atoms with Gasteiger partial charge in [-0.3, -0.25) is 4.79 Å². The molecule has 0 saturated carbocycles. The Morgan fingerprint density at radius 2 is 1.81 bits per heavy atom. The van der Waals surface area contributed by atoms with Gasteiger partial charge in [-0.2, -0.15) is 0 Å². The SMILES string of the molecule is COC(=O)c1cc2c(cc1Oc1ccccc1)CC(C(C)C)n1cc(C(=O)O)c(=O)cc1-2. The number of fused-ring (bicyclic) bond motifs is 3. The number of hydrogen-bond acceptors (Lipinski definition) is 5. The van der Waals surface area contributed by atoms with Crippen molar-refractivity contribution in [3.05, 3.63) is 81.6 Å². The van der Waals surface area contributed by atoms with Crippen molar-refractivity contribution >= 4 is 11.9 Å². The highest BCUT2D eigenvalue weighted by atomic mass is 16.5. The van der Waals surface area contributed by atoms with Crippen molar-refractivity contribution in [3.8, 4) is 22.8 Å². The van der Waals surface area contributed by atoms with E-state index in [1.54, 1.807) is 18.2 Å². The van der Waals surface area contributed by atoms with Gasteiger partial charge in [-0.25, -0.2) is 9.59 Å². The summed E-state index contributed by atoms with van der Waals surface area (Å²) >= 11 is 0. The lowest BCUT2D eigenvalue weighted by molar-refractivity contribution is 0.0597. The lowest BCUT2D eigenvalue weighted by atomic mass is 9.86. The first-order valence-corrected chi connectivity index (χ1v) is 10.3. The van der Waals surface area contributed by atoms with Gasteiger partial charge in [-0.05, 0) is 42.2 Å². The number of para-hydroxylation sites is 1. The van der Waals surface area contributed by atoms with Crippen molar-refractivity contribution in [2.45, 2.75) is 26.3 Å². The molecule has 0 saturated heterocycles. The third kappa shape index (κ3) is 3.77. The third-order valence-electron chi connectivity index (χ3n) is 5.72. The summed E-state index contributed by atoms with van der Waals surface area (Å²) in [6, 6.07) is 13.9. The van der Waals surface area contributed by atoms with Gasteiger partial charge in [0.2, 0.25) is 0 Å². The van der Waals surface area contributed by atoms with Crippen molar-refractivity contribution in [2.75, 3.05) is 7.11 Å². The summed E-state index contributed by atoms with van der Waals surface area (Å²) in [5.41, 5.74) is 1.51. The van der Waals surface area contributed by atoms with Crippen LogP contribution in [-0.2, 0) is 11.2 Å². The molecule has 1 N–H and O–H groups in total. The zero-order valence-corrected chi connectivity index (χ0v) is 18.0. The van der Waals surface area contributed by atoms with Gasteiger partial charge < -0.3 is 19.1 Å². The number of nitrogens with zero attached hydrogens (tertiary/aromatic N) is 1. The van der Waals surface area contributed by atoms with Crippen LogP contribution in [-0.4, -0.2) is 28.7 Å². The van der Waals surface area contributed by atoms with Gasteiger partial charge in [0.25, 0.3) is 0 Å². The van der Waals surface area contributed by atoms with E-state index >= 15 is 0 Å². The van der Waals surface area contributed by atoms with Gasteiger partial charge in [0, 0.05) is 23.9 Å². The molecule has 32 heavy (non-hydrogen) atoms. The van der Waals surface area contributed by atoms with Crippen molar-refractivity contribution in [2.24, 2.45) is 5.92 Å². The first-order valence-electron chi connectivity index (χ1n) is 10.3. The number of carboxylic acid groups (broad SMARTS) is 1. The average molecular weight is 433 g/mol. The summed E-state index contributed by atoms with van der Waals surface area (Å²) in [4.78, 5) is 36.6. The topological polar surface area (TPSA) is 94.8 Å². The van der Waals surface area contributed by atoms with Crippen molar-refractivity contribution in [1.82, 2.24) is 4.57 Å². The molecule has 0 fully saturated rings. The first-order chi connectivity index (χ1) is 15.3. The van der Waals surface area contributed by atoms with Crippen molar-refractivity contribution in [1.29, 1.82) is 0 Å². The molecule has 2 heterocycles. The number of ether oxygens (including phenoxy) is 2. The summed E-state index contributed by atoms with van der Waals surface area (Å²) in [7, 11) is 1.29. The van der Waals surface area contributed by atoms with E-state index in [0.717, 1.165) is 5.56 Å². The molecule has 1 aliphatic rings. The number of hydrogen-bond donors (Lipinski definition) is 1. The van der Waals surface area contributed by atoms with Crippen LogP contribution in [0.1, 0.15) is 46.2 Å². The fourth-order valence-electron chi connectivity index (χ4n) is 4.08. The predicted octanol–water partition coefficient (Wildman–Crippen LogP) is 4.55. The molecule has 1 atom stereocenters. The van der Waals surface area contributed by atoms with E-state index in [-0.39, 0.29) is 23.1 Å². The van der Waals surface area contributed by atoms with Crippen LogP contribution >= 0.6 is 0 Å². The molecule has 4 rings (SSSR count). The monoisotopic (exact) mass is 433 g/mol. The smallest absolute Gasteiger partial charge is 0.341 e. The van der Waals surface area contributed by atoms with E-state index in [1.165, 1.54) is 19.4 Å². The highest BCUT2D eigenvalue weighted by molar-refractivity contribution is 5.95. The van der Waals surface area contributed by atoms with E-state index in [4.69, 9.17) is 9.47 Å². The van der Waals surface area contributed by atoms with Gasteiger partial charge in [0.15, 0.2) is 5.43 Å². The van der Waals surface area contributed by atoms with Crippen LogP contribution in [0.5, 0.6) is 11.5 Å². The Hall–Kier alpha value is -3.87. The maximum atomic E-state index is 12.6. The van der Waals surface area contributed by atoms with Gasteiger partial charge in [-0.15, -0.1) is 0 Å². The lowest BCUT2D eigenvalue weighted by Crippen LogP contribution is -2.28. The average Bonchev–Trinajstić information content (AvgIpc) is 2.77. The Kier molecular flexibility index (Phi) is 5.57. The second-order valence-electron chi connectivity index (χ2n) is 8.08. The summed E-state index contributed by atoms with van der Waals surface area (Å²) in [6.45, 7) is 4.09. The molecule has 7 heteroatoms. The highest BCUT2D eigenvalue weighted by Crippen LogP contribution is 2.41. The largest absolute Gasteiger partial charge is 0.477 e. The van der Waals surface area contributed by atoms with E-state index in [9.17, 15) is 19.5 Å². The van der Waals surface area contributed by atoms with Crippen LogP contribution in [0.4, 0.5) is 0 Å². The number of pyridine rings is 1. The first kappa shape index (κ1) is 21.4. The molecule has 164 valence electrons. The van der Waals surface area contributed by atoms with E-state index in [0.29, 0.717) is 29.2 Å². The van der Waals surface area contributed by atoms with Crippen LogP contribution in [0, 0.1) is 5.92 Å². The Bertz CT molecular complexity index is 1260. The molecule has 1 unspecified atom stereocenters. The van der Waals surface area contributed by atoms with Crippen LogP contribution in [0.15, 0.2) is 59.5 Å². The number of aromatic carboxylic acids is 1. The van der Waals surface area contributed by atoms with E-state index in [1.807, 2.05) is 42.7 Å². The predicted molar refractivity (Wildman–Crippen MR) is 119 cm³/mol. The summed E-state index contributed by atoms with van der Waals surface area (Å²) in [5.74, 6) is -0.718. The van der Waals surface area contributed by atoms with Crippen LogP contribution in [0.2, 0.25) is 0 Å². The maximum absolute atomic E-state index is 12.6. The molecular weight excluding hydrogens is 410 g/mol. The second kappa shape index (κ2) is 8.34. The maximum Gasteiger partial charge on any atom is 0.341 e. The summed E-state index contributed by atoms with van der Waals surface area (Å²) in [5, 5.41) is 9.42. The molecule has 7 nitrogen and oxygen atoms in total. The molecular formula is C25H23NO6. The molecule has 2 aromatic carbocycles. The fraction of sp³-hybridized carbons (Fsp3) is 0.240. The highest BCUT2D eigenvalue weighted by Gasteiger charge is 2.30. The Balaban J connectivity index is 1.94. The standard InChI is InChI=1S/C25H23NO6/c1-14(2)20-9-15-10-23(32-16-7-5-4-6-8-16)18(25(30)31-3)11-17(15)21-12-22(27)19(24(28)29)13-26(20)21/h4-8,10-14,20H,9H2,1-3H3,(H,28,29). The number of aromatic nitrogens is 1. The van der Waals surface area contributed by atoms with Crippen LogP contribution in [0.3, 0.4) is 0 Å². The second-order valence-corrected chi connectivity index (χ2v) is 8.08. The lowest BCUT2D eigenvalue weighted by Gasteiger charge is -2.33. The number of carboxylic acids is 1. The number of carbonyl (C=O) groups is 2. The molecule has 3 aromatic rings. The summed E-state index contributed by atoms with van der Waals surface area (Å²) < 4.78 is 12.8.